The second kappa shape index (κ2) is 12.4. The lowest BCUT2D eigenvalue weighted by molar-refractivity contribution is -0.145. The maximum absolute atomic E-state index is 12.8. The number of amides is 1. The molecule has 0 unspecified atom stereocenters. The summed E-state index contributed by atoms with van der Waals surface area (Å²) in [5.41, 5.74) is 4.22. The first-order valence-corrected chi connectivity index (χ1v) is 15.3. The molecule has 1 amide bonds. The quantitative estimate of drug-likeness (QED) is 0.175. The summed E-state index contributed by atoms with van der Waals surface area (Å²) >= 11 is 0. The van der Waals surface area contributed by atoms with Crippen molar-refractivity contribution in [2.24, 2.45) is 0 Å². The number of fused-ring (bicyclic) bond motifs is 1. The van der Waals surface area contributed by atoms with Gasteiger partial charge in [-0.05, 0) is 73.1 Å². The molecule has 0 saturated heterocycles. The Kier molecular flexibility index (Phi) is 8.45. The van der Waals surface area contributed by atoms with Gasteiger partial charge in [-0.3, -0.25) is 9.69 Å². The smallest absolute Gasteiger partial charge is 0.328 e. The monoisotopic (exact) mass is 587 g/mol. The van der Waals surface area contributed by atoms with Crippen LogP contribution in [0.4, 0.5) is 0 Å². The van der Waals surface area contributed by atoms with Crippen LogP contribution in [-0.4, -0.2) is 72.4 Å². The van der Waals surface area contributed by atoms with Crippen molar-refractivity contribution in [3.8, 4) is 11.5 Å². The maximum atomic E-state index is 12.8. The third kappa shape index (κ3) is 5.88. The first-order chi connectivity index (χ1) is 20.9. The number of unbranched alkanes of at least 4 members (excludes halogenated alkanes) is 2. The molecule has 0 radical (unpaired) electrons. The summed E-state index contributed by atoms with van der Waals surface area (Å²) in [6.07, 6.45) is 10.3. The van der Waals surface area contributed by atoms with Crippen molar-refractivity contribution in [3.05, 3.63) is 71.4 Å². The average Bonchev–Trinajstić information content (AvgIpc) is 3.57. The van der Waals surface area contributed by atoms with E-state index in [1.807, 2.05) is 42.6 Å². The Morgan fingerprint density at radius 3 is 2.91 bits per heavy atom. The number of aliphatic hydroxyl groups is 1. The molecule has 1 aromatic heterocycles. The first kappa shape index (κ1) is 29.3. The molecule has 0 fully saturated rings. The summed E-state index contributed by atoms with van der Waals surface area (Å²) in [7, 11) is 3.02. The second-order valence-corrected chi connectivity index (χ2v) is 12.0. The maximum Gasteiger partial charge on any atom is 0.328 e. The van der Waals surface area contributed by atoms with E-state index < -0.39 is 18.1 Å². The molecule has 0 bridgehead atoms. The molecule has 3 aromatic rings. The van der Waals surface area contributed by atoms with E-state index in [0.29, 0.717) is 19.3 Å². The lowest BCUT2D eigenvalue weighted by atomic mass is 9.69. The minimum absolute atomic E-state index is 0.0960. The normalized spacial score (nSPS) is 23.1. The number of aliphatic hydroxyl groups excluding tert-OH is 1. The van der Waals surface area contributed by atoms with Crippen LogP contribution in [0.15, 0.2) is 54.7 Å². The van der Waals surface area contributed by atoms with Crippen LogP contribution in [0, 0.1) is 0 Å². The molecule has 3 N–H and O–H groups in total. The number of hydrogen-bond donors (Lipinski definition) is 3. The molecule has 4 atom stereocenters. The molecule has 0 saturated carbocycles. The van der Waals surface area contributed by atoms with Crippen molar-refractivity contribution < 1.29 is 28.9 Å². The topological polar surface area (TPSA) is 113 Å². The van der Waals surface area contributed by atoms with E-state index in [1.54, 1.807) is 7.11 Å². The zero-order valence-electron chi connectivity index (χ0n) is 24.9. The highest BCUT2D eigenvalue weighted by atomic mass is 16.5. The number of aromatic nitrogens is 1. The average molecular weight is 588 g/mol. The molecule has 6 rings (SSSR count). The van der Waals surface area contributed by atoms with Gasteiger partial charge in [0.15, 0.2) is 11.5 Å². The predicted octanol–water partition coefficient (Wildman–Crippen LogP) is 4.16. The number of esters is 1. The predicted molar refractivity (Wildman–Crippen MR) is 163 cm³/mol. The number of carbonyl (C=O) groups is 2. The summed E-state index contributed by atoms with van der Waals surface area (Å²) in [5, 5.41) is 14.3. The van der Waals surface area contributed by atoms with E-state index in [9.17, 15) is 14.7 Å². The Bertz CT molecular complexity index is 1520. The van der Waals surface area contributed by atoms with E-state index in [2.05, 4.69) is 27.3 Å². The third-order valence-electron chi connectivity index (χ3n) is 9.29. The van der Waals surface area contributed by atoms with Crippen LogP contribution in [0.25, 0.3) is 10.9 Å². The van der Waals surface area contributed by atoms with Crippen LogP contribution in [0.1, 0.15) is 55.2 Å². The van der Waals surface area contributed by atoms with Crippen molar-refractivity contribution in [2.45, 2.75) is 75.2 Å². The minimum atomic E-state index is -0.719. The van der Waals surface area contributed by atoms with Crippen LogP contribution >= 0.6 is 0 Å². The third-order valence-corrected chi connectivity index (χ3v) is 9.29. The number of nitrogens with zero attached hydrogens (tertiary/aromatic N) is 1. The summed E-state index contributed by atoms with van der Waals surface area (Å²) in [6.45, 7) is 2.69. The minimum Gasteiger partial charge on any atom is -0.493 e. The lowest BCUT2D eigenvalue weighted by Gasteiger charge is -2.35. The summed E-state index contributed by atoms with van der Waals surface area (Å²) < 4.78 is 17.0. The Morgan fingerprint density at radius 2 is 2.07 bits per heavy atom. The van der Waals surface area contributed by atoms with Gasteiger partial charge in [-0.15, -0.1) is 0 Å². The van der Waals surface area contributed by atoms with Gasteiger partial charge >= 0.3 is 5.97 Å². The molecule has 2 aromatic carbocycles. The van der Waals surface area contributed by atoms with E-state index in [1.165, 1.54) is 18.2 Å². The van der Waals surface area contributed by atoms with E-state index in [0.717, 1.165) is 73.3 Å². The van der Waals surface area contributed by atoms with Gasteiger partial charge in [-0.25, -0.2) is 4.79 Å². The van der Waals surface area contributed by atoms with Crippen LogP contribution < -0.4 is 14.8 Å². The first-order valence-electron chi connectivity index (χ1n) is 15.3. The van der Waals surface area contributed by atoms with Crippen molar-refractivity contribution >= 4 is 22.8 Å². The number of rotatable bonds is 11. The molecule has 1 spiro atoms. The Labute approximate surface area is 252 Å². The van der Waals surface area contributed by atoms with Crippen molar-refractivity contribution in [1.29, 1.82) is 0 Å². The largest absolute Gasteiger partial charge is 0.493 e. The molecule has 9 heteroatoms. The van der Waals surface area contributed by atoms with Gasteiger partial charge in [0.2, 0.25) is 5.91 Å². The number of H-pyrrole nitrogens is 1. The number of benzene rings is 2. The second-order valence-electron chi connectivity index (χ2n) is 12.0. The Hall–Kier alpha value is -3.82. The van der Waals surface area contributed by atoms with Gasteiger partial charge < -0.3 is 29.6 Å². The molecule has 2 aliphatic heterocycles. The molecular weight excluding hydrogens is 546 g/mol. The lowest BCUT2D eigenvalue weighted by Crippen LogP contribution is -2.43. The Morgan fingerprint density at radius 1 is 1.19 bits per heavy atom. The molecule has 3 aliphatic rings. The fourth-order valence-electron chi connectivity index (χ4n) is 7.05. The van der Waals surface area contributed by atoms with Crippen LogP contribution in [0.5, 0.6) is 11.5 Å². The zero-order valence-corrected chi connectivity index (χ0v) is 24.9. The number of aromatic amines is 1. The standard InChI is InChI=1S/C34H41N3O6/c1-41-28-10-8-24-21-37(17-14-34-13-11-25(38)20-29(34)43-32(28)31(24)34)16-5-3-4-6-30(39)36-27(33(40)42-2)19-22-7-9-26-23(18-22)12-15-35-26/h7-13,15,18,25,27,29,35,38H,3-6,14,16-17,19-21H2,1-2H3,(H,36,39)/t25-,27-,29-,34-/m0/s1. The Balaban J connectivity index is 1.01. The SMILES string of the molecule is COC(=O)[C@H](Cc1ccc2[nH]ccc2c1)NC(=O)CCCCCN1CC[C@@]23C=C[C@H](O)C[C@@H]2Oc2c(OC)ccc(c23)C1. The summed E-state index contributed by atoms with van der Waals surface area (Å²) in [5.74, 6) is 1.00. The number of carbonyl (C=O) groups excluding carboxylic acids is 2. The van der Waals surface area contributed by atoms with Crippen LogP contribution in [0.3, 0.4) is 0 Å². The summed E-state index contributed by atoms with van der Waals surface area (Å²) in [6, 6.07) is 11.4. The zero-order chi connectivity index (χ0) is 30.0. The van der Waals surface area contributed by atoms with Gasteiger partial charge in [0.1, 0.15) is 12.1 Å². The molecular formula is C34H41N3O6. The number of hydrogen-bond acceptors (Lipinski definition) is 7. The molecule has 228 valence electrons. The van der Waals surface area contributed by atoms with Crippen molar-refractivity contribution in [1.82, 2.24) is 15.2 Å². The fourth-order valence-corrected chi connectivity index (χ4v) is 7.05. The van der Waals surface area contributed by atoms with Crippen molar-refractivity contribution in [3.63, 3.8) is 0 Å². The van der Waals surface area contributed by atoms with Crippen molar-refractivity contribution in [2.75, 3.05) is 27.3 Å². The molecule has 1 aliphatic carbocycles. The van der Waals surface area contributed by atoms with Crippen LogP contribution in [0.2, 0.25) is 0 Å². The molecule has 9 nitrogen and oxygen atoms in total. The van der Waals surface area contributed by atoms with Crippen LogP contribution in [-0.2, 0) is 32.7 Å². The highest BCUT2D eigenvalue weighted by Crippen LogP contribution is 2.55. The number of methoxy groups -OCH3 is 2. The molecule has 43 heavy (non-hydrogen) atoms. The number of ether oxygens (including phenoxy) is 3. The summed E-state index contributed by atoms with van der Waals surface area (Å²) in [4.78, 5) is 30.9. The highest BCUT2D eigenvalue weighted by molar-refractivity contribution is 5.85. The van der Waals surface area contributed by atoms with Gasteiger partial charge in [0.05, 0.1) is 25.7 Å². The van der Waals surface area contributed by atoms with E-state index in [-0.39, 0.29) is 17.4 Å². The molecule has 3 heterocycles. The fraction of sp³-hybridized carbons (Fsp3) is 0.471. The van der Waals surface area contributed by atoms with Gasteiger partial charge in [-0.2, -0.15) is 0 Å². The van der Waals surface area contributed by atoms with E-state index >= 15 is 0 Å². The van der Waals surface area contributed by atoms with Gasteiger partial charge in [-0.1, -0.05) is 30.7 Å². The van der Waals surface area contributed by atoms with Gasteiger partial charge in [0, 0.05) is 43.1 Å². The number of nitrogens with one attached hydrogen (secondary N) is 2. The van der Waals surface area contributed by atoms with Gasteiger partial charge in [0.25, 0.3) is 0 Å². The highest BCUT2D eigenvalue weighted by Gasteiger charge is 2.52. The van der Waals surface area contributed by atoms with E-state index in [4.69, 9.17) is 14.2 Å².